The van der Waals surface area contributed by atoms with E-state index in [2.05, 4.69) is 27.1 Å². The van der Waals surface area contributed by atoms with Gasteiger partial charge in [0.2, 0.25) is 5.82 Å². The van der Waals surface area contributed by atoms with Gasteiger partial charge in [0, 0.05) is 31.6 Å². The summed E-state index contributed by atoms with van der Waals surface area (Å²) in [6.07, 6.45) is 7.17. The first-order valence-electron chi connectivity index (χ1n) is 13.6. The van der Waals surface area contributed by atoms with Crippen LogP contribution in [0, 0.1) is 23.5 Å². The van der Waals surface area contributed by atoms with Crippen LogP contribution in [0.3, 0.4) is 0 Å². The number of fused-ring (bicyclic) bond motifs is 1. The van der Waals surface area contributed by atoms with E-state index in [1.165, 1.54) is 31.5 Å². The number of imidazole rings is 1. The van der Waals surface area contributed by atoms with Crippen LogP contribution < -0.4 is 5.76 Å². The summed E-state index contributed by atoms with van der Waals surface area (Å²) < 4.78 is 43.6. The smallest absolute Gasteiger partial charge is 0.384 e. The van der Waals surface area contributed by atoms with Crippen LogP contribution in [-0.4, -0.2) is 41.8 Å². The van der Waals surface area contributed by atoms with Crippen molar-refractivity contribution in [2.75, 3.05) is 7.11 Å². The molecule has 1 unspecified atom stereocenters. The summed E-state index contributed by atoms with van der Waals surface area (Å²) in [6.45, 7) is 4.30. The summed E-state index contributed by atoms with van der Waals surface area (Å²) in [6, 6.07) is 5.36. The van der Waals surface area contributed by atoms with Gasteiger partial charge in [-0.1, -0.05) is 37.4 Å². The van der Waals surface area contributed by atoms with E-state index in [0.29, 0.717) is 34.3 Å². The Kier molecular flexibility index (Phi) is 7.36. The van der Waals surface area contributed by atoms with Crippen molar-refractivity contribution in [2.45, 2.75) is 51.7 Å². The molecule has 0 spiro atoms. The third-order valence-electron chi connectivity index (χ3n) is 8.06. The Morgan fingerprint density at radius 2 is 1.88 bits per heavy atom. The monoisotopic (exact) mass is 595 g/mol. The molecule has 0 radical (unpaired) electrons. The zero-order valence-electron chi connectivity index (χ0n) is 23.2. The van der Waals surface area contributed by atoms with E-state index in [1.807, 2.05) is 4.57 Å². The zero-order chi connectivity index (χ0) is 29.6. The zero-order valence-corrected chi connectivity index (χ0v) is 24.0. The molecule has 1 aliphatic rings. The van der Waals surface area contributed by atoms with Crippen molar-refractivity contribution in [1.29, 1.82) is 0 Å². The van der Waals surface area contributed by atoms with Gasteiger partial charge in [0.1, 0.15) is 28.7 Å². The summed E-state index contributed by atoms with van der Waals surface area (Å²) in [5, 5.41) is 6.46. The first kappa shape index (κ1) is 28.1. The highest BCUT2D eigenvalue weighted by Gasteiger charge is 2.41. The molecule has 0 amide bonds. The van der Waals surface area contributed by atoms with Crippen molar-refractivity contribution in [3.8, 4) is 23.0 Å². The number of pyridine rings is 1. The lowest BCUT2D eigenvalue weighted by Crippen LogP contribution is -2.33. The first-order valence-corrected chi connectivity index (χ1v) is 14.0. The van der Waals surface area contributed by atoms with E-state index in [1.54, 1.807) is 19.2 Å². The number of ether oxygens (including phenoxy) is 1. The molecule has 4 heterocycles. The molecular weight excluding hydrogens is 568 g/mol. The van der Waals surface area contributed by atoms with Crippen molar-refractivity contribution >= 4 is 22.8 Å². The average Bonchev–Trinajstić information content (AvgIpc) is 3.57. The fourth-order valence-corrected chi connectivity index (χ4v) is 5.94. The lowest BCUT2D eigenvalue weighted by Gasteiger charge is -2.32. The van der Waals surface area contributed by atoms with Crippen molar-refractivity contribution in [1.82, 2.24) is 34.7 Å². The van der Waals surface area contributed by atoms with Crippen LogP contribution in [0.1, 0.15) is 50.9 Å². The van der Waals surface area contributed by atoms with Gasteiger partial charge < -0.3 is 13.7 Å². The molecule has 1 atom stereocenters. The molecule has 42 heavy (non-hydrogen) atoms. The average molecular weight is 596 g/mol. The van der Waals surface area contributed by atoms with Gasteiger partial charge in [-0.15, -0.1) is 5.10 Å². The van der Waals surface area contributed by atoms with Gasteiger partial charge in [0.15, 0.2) is 11.2 Å². The van der Waals surface area contributed by atoms with E-state index in [-0.39, 0.29) is 34.7 Å². The number of H-pyrrole nitrogens is 1. The number of hydrogen-bond donors (Lipinski definition) is 1. The van der Waals surface area contributed by atoms with Gasteiger partial charge >= 0.3 is 5.76 Å². The topological polar surface area (TPSA) is 125 Å². The largest absolute Gasteiger partial charge is 0.434 e. The third-order valence-corrected chi connectivity index (χ3v) is 8.27. The van der Waals surface area contributed by atoms with Crippen molar-refractivity contribution in [2.24, 2.45) is 11.8 Å². The van der Waals surface area contributed by atoms with Crippen LogP contribution in [0.2, 0.25) is 5.02 Å². The Morgan fingerprint density at radius 3 is 2.52 bits per heavy atom. The molecular formula is C29H28ClF2N7O3. The van der Waals surface area contributed by atoms with Crippen LogP contribution in [0.4, 0.5) is 8.78 Å². The molecule has 0 aliphatic heterocycles. The fraction of sp³-hybridized carbons (Fsp3) is 0.379. The summed E-state index contributed by atoms with van der Waals surface area (Å²) in [5.41, 5.74) is -0.324. The van der Waals surface area contributed by atoms with Crippen LogP contribution in [-0.2, 0) is 16.9 Å². The molecule has 1 saturated carbocycles. The SMILES string of the molecule is COC(C)(c1c(F)cccc1F)c1nc2nc(-c3n[nH]c(=O)o3)nc(-c3cncc(Cl)c3)c2n1C[C@H]1CC[C@H](C)CC1. The summed E-state index contributed by atoms with van der Waals surface area (Å²) in [4.78, 5) is 30.1. The fourth-order valence-electron chi connectivity index (χ4n) is 5.77. The number of methoxy groups -OCH3 is 1. The second-order valence-corrected chi connectivity index (χ2v) is 11.3. The number of nitrogens with one attached hydrogen (secondary N) is 1. The summed E-state index contributed by atoms with van der Waals surface area (Å²) >= 11 is 6.32. The molecule has 1 fully saturated rings. The number of aromatic amines is 1. The molecule has 6 rings (SSSR count). The first-order chi connectivity index (χ1) is 20.2. The van der Waals surface area contributed by atoms with E-state index in [4.69, 9.17) is 30.7 Å². The highest BCUT2D eigenvalue weighted by molar-refractivity contribution is 6.30. The maximum Gasteiger partial charge on any atom is 0.434 e. The number of benzene rings is 1. The Bertz CT molecular complexity index is 1810. The molecule has 1 aliphatic carbocycles. The Hall–Kier alpha value is -4.03. The minimum Gasteiger partial charge on any atom is -0.384 e. The molecule has 10 nitrogen and oxygen atoms in total. The maximum atomic E-state index is 15.3. The van der Waals surface area contributed by atoms with E-state index < -0.39 is 23.0 Å². The van der Waals surface area contributed by atoms with E-state index >= 15 is 8.78 Å². The van der Waals surface area contributed by atoms with Gasteiger partial charge in [-0.2, -0.15) is 0 Å². The predicted molar refractivity (Wildman–Crippen MR) is 151 cm³/mol. The van der Waals surface area contributed by atoms with Gasteiger partial charge in [-0.25, -0.2) is 33.6 Å². The maximum absolute atomic E-state index is 15.3. The highest BCUT2D eigenvalue weighted by Crippen LogP contribution is 2.41. The molecule has 13 heteroatoms. The minimum atomic E-state index is -1.65. The van der Waals surface area contributed by atoms with Gasteiger partial charge in [0.25, 0.3) is 5.89 Å². The van der Waals surface area contributed by atoms with Gasteiger partial charge in [0.05, 0.1) is 10.6 Å². The van der Waals surface area contributed by atoms with Crippen molar-refractivity contribution in [3.63, 3.8) is 0 Å². The van der Waals surface area contributed by atoms with Crippen LogP contribution in [0.5, 0.6) is 0 Å². The van der Waals surface area contributed by atoms with Crippen molar-refractivity contribution in [3.05, 3.63) is 75.3 Å². The normalized spacial score (nSPS) is 18.8. The Morgan fingerprint density at radius 1 is 1.14 bits per heavy atom. The van der Waals surface area contributed by atoms with Gasteiger partial charge in [-0.3, -0.25) is 4.98 Å². The lowest BCUT2D eigenvalue weighted by molar-refractivity contribution is 0.0217. The molecule has 1 N–H and O–H groups in total. The number of rotatable bonds is 7. The van der Waals surface area contributed by atoms with Crippen LogP contribution in [0.15, 0.2) is 45.9 Å². The number of aromatic nitrogens is 7. The molecule has 0 bridgehead atoms. The Balaban J connectivity index is 1.67. The standard InChI is InChI=1S/C29H28ClF2N7O3/c1-15-7-9-16(10-8-15)14-39-23-22(17-11-18(30)13-33-12-17)34-25(26-37-38-28(40)42-26)35-24(23)36-27(39)29(2,41-3)21-19(31)5-4-6-20(21)32/h4-6,11-13,15-16H,7-10,14H2,1-3H3,(H,38,40)/t15-,16-,29?. The third kappa shape index (κ3) is 4.98. The summed E-state index contributed by atoms with van der Waals surface area (Å²) in [5.74, 6) is -1.35. The number of nitrogens with zero attached hydrogens (tertiary/aromatic N) is 6. The predicted octanol–water partition coefficient (Wildman–Crippen LogP) is 5.90. The van der Waals surface area contributed by atoms with E-state index in [9.17, 15) is 4.79 Å². The molecule has 4 aromatic heterocycles. The lowest BCUT2D eigenvalue weighted by atomic mass is 9.83. The van der Waals surface area contributed by atoms with Crippen LogP contribution in [0.25, 0.3) is 34.1 Å². The molecule has 5 aromatic rings. The quantitative estimate of drug-likeness (QED) is 0.247. The van der Waals surface area contributed by atoms with Gasteiger partial charge in [-0.05, 0) is 49.8 Å². The Labute approximate surface area is 244 Å². The second kappa shape index (κ2) is 11.0. The molecule has 218 valence electrons. The minimum absolute atomic E-state index is 0.0188. The summed E-state index contributed by atoms with van der Waals surface area (Å²) in [7, 11) is 1.38. The van der Waals surface area contributed by atoms with Crippen LogP contribution >= 0.6 is 11.6 Å². The second-order valence-electron chi connectivity index (χ2n) is 10.9. The highest BCUT2D eigenvalue weighted by atomic mass is 35.5. The molecule has 1 aromatic carbocycles. The van der Waals surface area contributed by atoms with E-state index in [0.717, 1.165) is 25.7 Å². The molecule has 0 saturated heterocycles. The number of halogens is 3. The van der Waals surface area contributed by atoms with Crippen molar-refractivity contribution < 1.29 is 17.9 Å². The number of hydrogen-bond acceptors (Lipinski definition) is 8.